The van der Waals surface area contributed by atoms with Gasteiger partial charge in [0.25, 0.3) is 5.69 Å². The second-order valence-corrected chi connectivity index (χ2v) is 7.28. The van der Waals surface area contributed by atoms with E-state index in [0.717, 1.165) is 44.2 Å². The molecule has 2 aromatic rings. The highest BCUT2D eigenvalue weighted by atomic mass is 35.5. The van der Waals surface area contributed by atoms with Crippen molar-refractivity contribution in [3.8, 4) is 0 Å². The maximum atomic E-state index is 11.9. The van der Waals surface area contributed by atoms with E-state index < -0.39 is 4.92 Å². The Kier molecular flexibility index (Phi) is 7.26. The second-order valence-electron chi connectivity index (χ2n) is 6.84. The Labute approximate surface area is 174 Å². The number of carbonyl (C=O) groups excluding carboxylic acids is 1. The molecular formula is C20H24ClN5O3. The molecule has 0 aromatic heterocycles. The molecule has 3 rings (SSSR count). The standard InChI is InChI=1S/C20H24ClN5O3/c21-16-2-6-18(7-3-16)25-14-12-24(13-15-25)11-1-10-22-20(27)23-17-4-8-19(9-5-17)26(28)29/h2-9H,1,10-15H2,(H2,22,23,27). The lowest BCUT2D eigenvalue weighted by Gasteiger charge is -2.36. The van der Waals surface area contributed by atoms with Crippen LogP contribution in [0, 0.1) is 10.1 Å². The van der Waals surface area contributed by atoms with Crippen LogP contribution in [0.4, 0.5) is 21.9 Å². The fourth-order valence-corrected chi connectivity index (χ4v) is 3.35. The quantitative estimate of drug-likeness (QED) is 0.408. The van der Waals surface area contributed by atoms with Crippen LogP contribution in [0.25, 0.3) is 0 Å². The molecule has 1 fully saturated rings. The highest BCUT2D eigenvalue weighted by Crippen LogP contribution is 2.19. The van der Waals surface area contributed by atoms with Gasteiger partial charge in [0.1, 0.15) is 0 Å². The van der Waals surface area contributed by atoms with Gasteiger partial charge in [-0.25, -0.2) is 4.79 Å². The molecule has 154 valence electrons. The molecule has 1 heterocycles. The van der Waals surface area contributed by atoms with E-state index in [9.17, 15) is 14.9 Å². The third-order valence-electron chi connectivity index (χ3n) is 4.84. The molecule has 0 spiro atoms. The zero-order valence-corrected chi connectivity index (χ0v) is 16.8. The minimum atomic E-state index is -0.473. The van der Waals surface area contributed by atoms with Crippen LogP contribution < -0.4 is 15.5 Å². The number of hydrogen-bond acceptors (Lipinski definition) is 5. The lowest BCUT2D eigenvalue weighted by molar-refractivity contribution is -0.384. The molecule has 0 radical (unpaired) electrons. The number of nitro benzene ring substituents is 1. The number of anilines is 2. The number of urea groups is 1. The number of nitrogens with zero attached hydrogens (tertiary/aromatic N) is 3. The first-order chi connectivity index (χ1) is 14.0. The van der Waals surface area contributed by atoms with Gasteiger partial charge in [-0.3, -0.25) is 15.0 Å². The SMILES string of the molecule is O=C(NCCCN1CCN(c2ccc(Cl)cc2)CC1)Nc1ccc([N+](=O)[O-])cc1. The highest BCUT2D eigenvalue weighted by Gasteiger charge is 2.16. The number of hydrogen-bond donors (Lipinski definition) is 2. The molecule has 2 N–H and O–H groups in total. The van der Waals surface area contributed by atoms with Gasteiger partial charge >= 0.3 is 6.03 Å². The van der Waals surface area contributed by atoms with Crippen LogP contribution in [0.2, 0.25) is 5.02 Å². The number of nitrogens with one attached hydrogen (secondary N) is 2. The summed E-state index contributed by atoms with van der Waals surface area (Å²) in [6.45, 7) is 5.39. The first-order valence-electron chi connectivity index (χ1n) is 9.53. The van der Waals surface area contributed by atoms with E-state index in [2.05, 4.69) is 20.4 Å². The van der Waals surface area contributed by atoms with Crippen molar-refractivity contribution in [2.24, 2.45) is 0 Å². The van der Waals surface area contributed by atoms with Crippen molar-refractivity contribution in [1.29, 1.82) is 0 Å². The predicted molar refractivity (Wildman–Crippen MR) is 115 cm³/mol. The monoisotopic (exact) mass is 417 g/mol. The van der Waals surface area contributed by atoms with Gasteiger partial charge in [0.05, 0.1) is 4.92 Å². The average Bonchev–Trinajstić information content (AvgIpc) is 2.73. The second kappa shape index (κ2) is 10.1. The van der Waals surface area contributed by atoms with Crippen molar-refractivity contribution in [3.63, 3.8) is 0 Å². The predicted octanol–water partition coefficient (Wildman–Crippen LogP) is 3.58. The maximum absolute atomic E-state index is 11.9. The Morgan fingerprint density at radius 3 is 2.31 bits per heavy atom. The summed E-state index contributed by atoms with van der Waals surface area (Å²) >= 11 is 5.94. The van der Waals surface area contributed by atoms with Crippen molar-refractivity contribution in [3.05, 3.63) is 63.7 Å². The molecule has 9 heteroatoms. The van der Waals surface area contributed by atoms with E-state index >= 15 is 0 Å². The number of rotatable bonds is 7. The van der Waals surface area contributed by atoms with Crippen LogP contribution in [-0.4, -0.2) is 55.1 Å². The van der Waals surface area contributed by atoms with E-state index in [4.69, 9.17) is 11.6 Å². The number of carbonyl (C=O) groups is 1. The molecule has 2 amide bonds. The molecule has 1 aliphatic rings. The van der Waals surface area contributed by atoms with Crippen LogP contribution >= 0.6 is 11.6 Å². The van der Waals surface area contributed by atoms with E-state index in [0.29, 0.717) is 12.2 Å². The number of piperazine rings is 1. The van der Waals surface area contributed by atoms with E-state index in [1.807, 2.05) is 24.3 Å². The number of benzene rings is 2. The smallest absolute Gasteiger partial charge is 0.319 e. The molecule has 0 saturated carbocycles. The van der Waals surface area contributed by atoms with Crippen molar-refractivity contribution < 1.29 is 9.72 Å². The van der Waals surface area contributed by atoms with Crippen LogP contribution in [0.15, 0.2) is 48.5 Å². The topological polar surface area (TPSA) is 90.8 Å². The minimum Gasteiger partial charge on any atom is -0.369 e. The van der Waals surface area contributed by atoms with Crippen LogP contribution in [0.5, 0.6) is 0 Å². The van der Waals surface area contributed by atoms with Crippen molar-refractivity contribution >= 4 is 34.7 Å². The summed E-state index contributed by atoms with van der Waals surface area (Å²) < 4.78 is 0. The Bertz CT molecular complexity index is 821. The largest absolute Gasteiger partial charge is 0.369 e. The first-order valence-corrected chi connectivity index (χ1v) is 9.91. The van der Waals surface area contributed by atoms with Crippen molar-refractivity contribution in [2.45, 2.75) is 6.42 Å². The summed E-state index contributed by atoms with van der Waals surface area (Å²) in [6.07, 6.45) is 0.856. The van der Waals surface area contributed by atoms with Gasteiger partial charge in [-0.1, -0.05) is 11.6 Å². The summed E-state index contributed by atoms with van der Waals surface area (Å²) in [5.41, 5.74) is 1.71. The Hall–Kier alpha value is -2.84. The third-order valence-corrected chi connectivity index (χ3v) is 5.09. The van der Waals surface area contributed by atoms with Gasteiger partial charge < -0.3 is 15.5 Å². The Morgan fingerprint density at radius 1 is 1.03 bits per heavy atom. The summed E-state index contributed by atoms with van der Waals surface area (Å²) in [4.78, 5) is 26.8. The molecule has 0 atom stereocenters. The van der Waals surface area contributed by atoms with Gasteiger partial charge in [0.15, 0.2) is 0 Å². The number of amides is 2. The fraction of sp³-hybridized carbons (Fsp3) is 0.350. The molecule has 0 aliphatic carbocycles. The molecule has 1 aliphatic heterocycles. The molecule has 1 saturated heterocycles. The van der Waals surface area contributed by atoms with Gasteiger partial charge in [-0.2, -0.15) is 0 Å². The van der Waals surface area contributed by atoms with Gasteiger partial charge in [-0.15, -0.1) is 0 Å². The van der Waals surface area contributed by atoms with E-state index in [1.54, 1.807) is 0 Å². The fourth-order valence-electron chi connectivity index (χ4n) is 3.23. The lowest BCUT2D eigenvalue weighted by atomic mass is 10.2. The van der Waals surface area contributed by atoms with Gasteiger partial charge in [0.2, 0.25) is 0 Å². The number of non-ortho nitro benzene ring substituents is 1. The highest BCUT2D eigenvalue weighted by molar-refractivity contribution is 6.30. The molecule has 29 heavy (non-hydrogen) atoms. The molecule has 0 bridgehead atoms. The summed E-state index contributed by atoms with van der Waals surface area (Å²) in [7, 11) is 0. The molecule has 8 nitrogen and oxygen atoms in total. The van der Waals surface area contributed by atoms with Crippen LogP contribution in [0.1, 0.15) is 6.42 Å². The zero-order valence-electron chi connectivity index (χ0n) is 16.0. The normalized spacial score (nSPS) is 14.4. The number of halogens is 1. The average molecular weight is 418 g/mol. The van der Waals surface area contributed by atoms with E-state index in [-0.39, 0.29) is 11.7 Å². The van der Waals surface area contributed by atoms with Crippen LogP contribution in [-0.2, 0) is 0 Å². The minimum absolute atomic E-state index is 0.00730. The van der Waals surface area contributed by atoms with Gasteiger partial charge in [0, 0.05) is 61.3 Å². The van der Waals surface area contributed by atoms with Crippen molar-refractivity contribution in [1.82, 2.24) is 10.2 Å². The zero-order chi connectivity index (χ0) is 20.6. The third kappa shape index (κ3) is 6.33. The summed E-state index contributed by atoms with van der Waals surface area (Å²) in [6, 6.07) is 13.4. The summed E-state index contributed by atoms with van der Waals surface area (Å²) in [5, 5.41) is 16.9. The first kappa shape index (κ1) is 20.9. The lowest BCUT2D eigenvalue weighted by Crippen LogP contribution is -2.47. The van der Waals surface area contributed by atoms with Gasteiger partial charge in [-0.05, 0) is 49.4 Å². The molecule has 0 unspecified atom stereocenters. The van der Waals surface area contributed by atoms with Crippen molar-refractivity contribution in [2.75, 3.05) is 49.5 Å². The van der Waals surface area contributed by atoms with Crippen LogP contribution in [0.3, 0.4) is 0 Å². The van der Waals surface area contributed by atoms with E-state index in [1.165, 1.54) is 30.0 Å². The Balaban J connectivity index is 1.31. The Morgan fingerprint density at radius 2 is 1.69 bits per heavy atom. The maximum Gasteiger partial charge on any atom is 0.319 e. The molecule has 2 aromatic carbocycles. The number of nitro groups is 1. The summed E-state index contributed by atoms with van der Waals surface area (Å²) in [5.74, 6) is 0. The molecular weight excluding hydrogens is 394 g/mol.